The van der Waals surface area contributed by atoms with Crippen LogP contribution in [0.2, 0.25) is 0 Å². The van der Waals surface area contributed by atoms with E-state index in [2.05, 4.69) is 9.71 Å². The van der Waals surface area contributed by atoms with Crippen LogP contribution in [0, 0.1) is 6.92 Å². The fourth-order valence-corrected chi connectivity index (χ4v) is 3.32. The van der Waals surface area contributed by atoms with Gasteiger partial charge in [-0.3, -0.25) is 4.79 Å². The van der Waals surface area contributed by atoms with E-state index in [1.807, 2.05) is 31.2 Å². The normalized spacial score (nSPS) is 15.1. The van der Waals surface area contributed by atoms with Gasteiger partial charge in [0.25, 0.3) is 10.0 Å². The molecule has 3 rings (SSSR count). The van der Waals surface area contributed by atoms with Crippen molar-refractivity contribution in [3.63, 3.8) is 0 Å². The van der Waals surface area contributed by atoms with E-state index in [1.54, 1.807) is 18.2 Å². The Morgan fingerprint density at radius 3 is 2.57 bits per heavy atom. The molecule has 7 heteroatoms. The predicted molar refractivity (Wildman–Crippen MR) is 89.3 cm³/mol. The Hall–Kier alpha value is -2.67. The summed E-state index contributed by atoms with van der Waals surface area (Å²) < 4.78 is 27.4. The van der Waals surface area contributed by atoms with Gasteiger partial charge < -0.3 is 10.2 Å². The lowest BCUT2D eigenvalue weighted by molar-refractivity contribution is -0.114. The summed E-state index contributed by atoms with van der Waals surface area (Å²) in [6.45, 7) is 1.94. The number of nitrogens with one attached hydrogen (secondary N) is 1. The monoisotopic (exact) mass is 329 g/mol. The molecule has 1 aliphatic heterocycles. The van der Waals surface area contributed by atoms with Crippen molar-refractivity contribution in [3.05, 3.63) is 54.1 Å². The molecule has 0 bridgehead atoms. The highest BCUT2D eigenvalue weighted by Gasteiger charge is 2.25. The zero-order valence-electron chi connectivity index (χ0n) is 12.4. The highest BCUT2D eigenvalue weighted by molar-refractivity contribution is 7.90. The number of rotatable bonds is 3. The minimum atomic E-state index is -3.68. The number of aryl methyl sites for hydroxylation is 1. The van der Waals surface area contributed by atoms with Crippen LogP contribution in [0.1, 0.15) is 5.56 Å². The molecule has 0 fully saturated rings. The van der Waals surface area contributed by atoms with Gasteiger partial charge in [-0.25, -0.2) is 0 Å². The molecule has 118 valence electrons. The first-order chi connectivity index (χ1) is 11.0. The summed E-state index contributed by atoms with van der Waals surface area (Å²) in [4.78, 5) is 13.8. The zero-order valence-corrected chi connectivity index (χ0v) is 13.2. The fourth-order valence-electron chi connectivity index (χ4n) is 2.27. The number of para-hydroxylation sites is 1. The Balaban J connectivity index is 1.78. The molecule has 1 aliphatic rings. The summed E-state index contributed by atoms with van der Waals surface area (Å²) in [5.74, 6) is -0.255. The van der Waals surface area contributed by atoms with E-state index in [1.165, 1.54) is 17.3 Å². The number of nitrogens with zero attached hydrogens (tertiary/aromatic N) is 2. The van der Waals surface area contributed by atoms with Gasteiger partial charge in [-0.15, -0.1) is 4.40 Å². The minimum absolute atomic E-state index is 0.0239. The highest BCUT2D eigenvalue weighted by Crippen LogP contribution is 2.28. The van der Waals surface area contributed by atoms with Gasteiger partial charge in [0.05, 0.1) is 5.69 Å². The van der Waals surface area contributed by atoms with Gasteiger partial charge in [-0.2, -0.15) is 8.42 Å². The van der Waals surface area contributed by atoms with Gasteiger partial charge in [0.2, 0.25) is 5.91 Å². The Morgan fingerprint density at radius 1 is 1.13 bits per heavy atom. The quantitative estimate of drug-likeness (QED) is 0.936. The van der Waals surface area contributed by atoms with Gasteiger partial charge in [-0.1, -0.05) is 29.8 Å². The van der Waals surface area contributed by atoms with E-state index < -0.39 is 10.0 Å². The predicted octanol–water partition coefficient (Wildman–Crippen LogP) is 2.17. The van der Waals surface area contributed by atoms with Crippen molar-refractivity contribution in [2.75, 3.05) is 16.8 Å². The minimum Gasteiger partial charge on any atom is -0.325 e. The van der Waals surface area contributed by atoms with E-state index in [9.17, 15) is 13.2 Å². The number of carbonyl (C=O) groups excluding carboxylic acids is 1. The van der Waals surface area contributed by atoms with Crippen LogP contribution in [-0.2, 0) is 14.8 Å². The molecule has 0 atom stereocenters. The lowest BCUT2D eigenvalue weighted by Gasteiger charge is -2.24. The first-order valence-corrected chi connectivity index (χ1v) is 8.42. The molecule has 0 spiro atoms. The number of hydrogen-bond acceptors (Lipinski definition) is 4. The standard InChI is InChI=1S/C16H15N3O3S/c1-12-6-8-13(9-7-12)18-16(20)10-19-11-17-23(21,22)15-5-3-2-4-14(15)19/h2-9,11H,10H2,1H3,(H,18,20). The Kier molecular flexibility index (Phi) is 3.87. The molecule has 0 radical (unpaired) electrons. The summed E-state index contributed by atoms with van der Waals surface area (Å²) in [6.07, 6.45) is 1.17. The van der Waals surface area contributed by atoms with E-state index in [0.29, 0.717) is 11.4 Å². The summed E-state index contributed by atoms with van der Waals surface area (Å²) in [7, 11) is -3.68. The summed E-state index contributed by atoms with van der Waals surface area (Å²) >= 11 is 0. The van der Waals surface area contributed by atoms with Gasteiger partial charge in [0.1, 0.15) is 17.8 Å². The van der Waals surface area contributed by atoms with E-state index in [4.69, 9.17) is 0 Å². The SMILES string of the molecule is Cc1ccc(NC(=O)CN2C=NS(=O)(=O)c3ccccc32)cc1. The molecule has 0 unspecified atom stereocenters. The molecule has 0 saturated heterocycles. The van der Waals surface area contributed by atoms with Crippen molar-refractivity contribution in [2.24, 2.45) is 4.40 Å². The van der Waals surface area contributed by atoms with Crippen molar-refractivity contribution in [1.82, 2.24) is 0 Å². The van der Waals surface area contributed by atoms with E-state index in [-0.39, 0.29) is 17.3 Å². The second-order valence-corrected chi connectivity index (χ2v) is 6.81. The molecule has 2 aromatic rings. The number of amides is 1. The van der Waals surface area contributed by atoms with Crippen molar-refractivity contribution in [2.45, 2.75) is 11.8 Å². The van der Waals surface area contributed by atoms with E-state index >= 15 is 0 Å². The average molecular weight is 329 g/mol. The summed E-state index contributed by atoms with van der Waals surface area (Å²) in [5.41, 5.74) is 2.24. The zero-order chi connectivity index (χ0) is 16.4. The van der Waals surface area contributed by atoms with Gasteiger partial charge >= 0.3 is 0 Å². The number of sulfonamides is 1. The number of anilines is 2. The van der Waals surface area contributed by atoms with Crippen molar-refractivity contribution in [3.8, 4) is 0 Å². The second kappa shape index (κ2) is 5.85. The largest absolute Gasteiger partial charge is 0.325 e. The third-order valence-corrected chi connectivity index (χ3v) is 4.70. The van der Waals surface area contributed by atoms with Crippen LogP contribution in [0.3, 0.4) is 0 Å². The number of carbonyl (C=O) groups is 1. The smallest absolute Gasteiger partial charge is 0.285 e. The maximum absolute atomic E-state index is 12.2. The van der Waals surface area contributed by atoms with Crippen LogP contribution in [0.5, 0.6) is 0 Å². The average Bonchev–Trinajstić information content (AvgIpc) is 2.53. The molecular weight excluding hydrogens is 314 g/mol. The molecule has 23 heavy (non-hydrogen) atoms. The third kappa shape index (κ3) is 3.24. The maximum atomic E-state index is 12.2. The van der Waals surface area contributed by atoms with Crippen molar-refractivity contribution < 1.29 is 13.2 Å². The Morgan fingerprint density at radius 2 is 1.83 bits per heavy atom. The number of benzene rings is 2. The van der Waals surface area contributed by atoms with Gasteiger partial charge in [0.15, 0.2) is 0 Å². The molecule has 2 aromatic carbocycles. The fraction of sp³-hybridized carbons (Fsp3) is 0.125. The molecule has 1 amide bonds. The van der Waals surface area contributed by atoms with Crippen LogP contribution in [0.4, 0.5) is 11.4 Å². The molecule has 1 N–H and O–H groups in total. The van der Waals surface area contributed by atoms with Crippen LogP contribution >= 0.6 is 0 Å². The van der Waals surface area contributed by atoms with Crippen molar-refractivity contribution in [1.29, 1.82) is 0 Å². The molecule has 0 aromatic heterocycles. The first-order valence-electron chi connectivity index (χ1n) is 6.98. The topological polar surface area (TPSA) is 78.8 Å². The van der Waals surface area contributed by atoms with Gasteiger partial charge in [0, 0.05) is 5.69 Å². The number of hydrogen-bond donors (Lipinski definition) is 1. The van der Waals surface area contributed by atoms with Crippen LogP contribution in [0.25, 0.3) is 0 Å². The van der Waals surface area contributed by atoms with Crippen LogP contribution in [0.15, 0.2) is 57.8 Å². The first kappa shape index (κ1) is 15.2. The van der Waals surface area contributed by atoms with Crippen molar-refractivity contribution >= 4 is 33.6 Å². The lowest BCUT2D eigenvalue weighted by Crippen LogP contribution is -2.35. The molecule has 6 nitrogen and oxygen atoms in total. The third-order valence-electron chi connectivity index (χ3n) is 3.43. The molecule has 1 heterocycles. The van der Waals surface area contributed by atoms with E-state index in [0.717, 1.165) is 5.56 Å². The Bertz CT molecular complexity index is 874. The van der Waals surface area contributed by atoms with Crippen LogP contribution < -0.4 is 10.2 Å². The van der Waals surface area contributed by atoms with Gasteiger partial charge in [-0.05, 0) is 31.2 Å². The summed E-state index contributed by atoms with van der Waals surface area (Å²) in [5, 5.41) is 2.78. The molecule has 0 aliphatic carbocycles. The summed E-state index contributed by atoms with van der Waals surface area (Å²) in [6, 6.07) is 13.9. The Labute approximate surface area is 134 Å². The lowest BCUT2D eigenvalue weighted by atomic mass is 10.2. The maximum Gasteiger partial charge on any atom is 0.285 e. The molecular formula is C16H15N3O3S. The van der Waals surface area contributed by atoms with Crippen LogP contribution in [-0.4, -0.2) is 27.2 Å². The number of fused-ring (bicyclic) bond motifs is 1. The second-order valence-electron chi connectivity index (χ2n) is 5.21. The molecule has 0 saturated carbocycles. The highest BCUT2D eigenvalue weighted by atomic mass is 32.2.